The Morgan fingerprint density at radius 3 is 2.57 bits per heavy atom. The molecule has 0 amide bonds. The molecule has 0 aromatic heterocycles. The number of carbonyl (C=O) groups is 2. The molecule has 6 nitrogen and oxygen atoms in total. The summed E-state index contributed by atoms with van der Waals surface area (Å²) in [5.41, 5.74) is 0.641. The Labute approximate surface area is 161 Å². The summed E-state index contributed by atoms with van der Waals surface area (Å²) < 4.78 is 29.3. The van der Waals surface area contributed by atoms with Gasteiger partial charge in [0.1, 0.15) is 12.4 Å². The first-order chi connectivity index (χ1) is 13.5. The second-order valence-electron chi connectivity index (χ2n) is 5.45. The van der Waals surface area contributed by atoms with Crippen LogP contribution in [0.3, 0.4) is 0 Å². The maximum atomic E-state index is 14.2. The number of nitrogens with zero attached hydrogens (tertiary/aromatic N) is 1. The van der Waals surface area contributed by atoms with Crippen LogP contribution in [0.15, 0.2) is 48.5 Å². The minimum Gasteiger partial charge on any atom is -0.494 e. The lowest BCUT2D eigenvalue weighted by molar-refractivity contribution is -0.137. The van der Waals surface area contributed by atoms with Crippen LogP contribution in [0, 0.1) is 17.1 Å². The van der Waals surface area contributed by atoms with Gasteiger partial charge in [-0.2, -0.15) is 5.26 Å². The van der Waals surface area contributed by atoms with E-state index in [9.17, 15) is 14.0 Å². The third kappa shape index (κ3) is 6.25. The summed E-state index contributed by atoms with van der Waals surface area (Å²) in [6, 6.07) is 12.1. The third-order valence-electron chi connectivity index (χ3n) is 3.43. The van der Waals surface area contributed by atoms with Crippen molar-refractivity contribution >= 4 is 18.0 Å². The van der Waals surface area contributed by atoms with E-state index in [1.54, 1.807) is 12.1 Å². The number of halogens is 1. The zero-order valence-corrected chi connectivity index (χ0v) is 15.2. The smallest absolute Gasteiger partial charge is 0.343 e. The molecule has 28 heavy (non-hydrogen) atoms. The molecule has 144 valence electrons. The SMILES string of the molecule is CCOc1ccc(C(=O)Oc2ccc(/C=C/C(=O)OCCC#N)cc2F)cc1. The quantitative estimate of drug-likeness (QED) is 0.297. The lowest BCUT2D eigenvalue weighted by Gasteiger charge is -2.07. The van der Waals surface area contributed by atoms with Gasteiger partial charge in [-0.05, 0) is 55.0 Å². The normalized spacial score (nSPS) is 10.3. The summed E-state index contributed by atoms with van der Waals surface area (Å²) in [5.74, 6) is -1.70. The van der Waals surface area contributed by atoms with Gasteiger partial charge in [-0.3, -0.25) is 0 Å². The molecule has 0 aliphatic carbocycles. The molecule has 2 aromatic carbocycles. The van der Waals surface area contributed by atoms with Gasteiger partial charge >= 0.3 is 11.9 Å². The minimum atomic E-state index is -0.751. The van der Waals surface area contributed by atoms with E-state index < -0.39 is 17.8 Å². The average molecular weight is 383 g/mol. The van der Waals surface area contributed by atoms with Crippen LogP contribution >= 0.6 is 0 Å². The van der Waals surface area contributed by atoms with Gasteiger partial charge in [0, 0.05) is 6.08 Å². The Hall–Kier alpha value is -3.66. The molecular weight excluding hydrogens is 365 g/mol. The molecule has 0 aliphatic heterocycles. The Balaban J connectivity index is 1.99. The number of hydrogen-bond donors (Lipinski definition) is 0. The molecule has 0 fully saturated rings. The van der Waals surface area contributed by atoms with Crippen molar-refractivity contribution in [2.45, 2.75) is 13.3 Å². The van der Waals surface area contributed by atoms with Crippen molar-refractivity contribution in [1.82, 2.24) is 0 Å². The predicted molar refractivity (Wildman–Crippen MR) is 99.2 cm³/mol. The summed E-state index contributed by atoms with van der Waals surface area (Å²) in [6.45, 7) is 2.35. The molecule has 0 atom stereocenters. The fourth-order valence-electron chi connectivity index (χ4n) is 2.13. The van der Waals surface area contributed by atoms with Crippen molar-refractivity contribution < 1.29 is 28.2 Å². The highest BCUT2D eigenvalue weighted by atomic mass is 19.1. The van der Waals surface area contributed by atoms with Gasteiger partial charge in [0.15, 0.2) is 11.6 Å². The van der Waals surface area contributed by atoms with Gasteiger partial charge in [-0.15, -0.1) is 0 Å². The molecular formula is C21H18FNO5. The molecule has 0 bridgehead atoms. The highest BCUT2D eigenvalue weighted by molar-refractivity contribution is 5.91. The zero-order chi connectivity index (χ0) is 20.4. The van der Waals surface area contributed by atoms with Crippen LogP contribution in [-0.2, 0) is 9.53 Å². The van der Waals surface area contributed by atoms with E-state index in [1.165, 1.54) is 30.3 Å². The van der Waals surface area contributed by atoms with Gasteiger partial charge in [0.05, 0.1) is 24.7 Å². The molecule has 2 aromatic rings. The molecule has 0 spiro atoms. The monoisotopic (exact) mass is 383 g/mol. The maximum Gasteiger partial charge on any atom is 0.343 e. The summed E-state index contributed by atoms with van der Waals surface area (Å²) in [7, 11) is 0. The first kappa shape index (κ1) is 20.6. The summed E-state index contributed by atoms with van der Waals surface area (Å²) in [6.07, 6.45) is 2.58. The number of ether oxygens (including phenoxy) is 3. The average Bonchev–Trinajstić information content (AvgIpc) is 2.69. The fourth-order valence-corrected chi connectivity index (χ4v) is 2.13. The minimum absolute atomic E-state index is 0.00548. The number of carbonyl (C=O) groups excluding carboxylic acids is 2. The summed E-state index contributed by atoms with van der Waals surface area (Å²) >= 11 is 0. The van der Waals surface area contributed by atoms with Gasteiger partial charge in [0.25, 0.3) is 0 Å². The number of rotatable bonds is 8. The molecule has 0 unspecified atom stereocenters. The molecule has 0 saturated heterocycles. The van der Waals surface area contributed by atoms with E-state index in [0.29, 0.717) is 17.9 Å². The standard InChI is InChI=1S/C21H18FNO5/c1-2-26-17-8-6-16(7-9-17)21(25)28-19-10-4-15(14-18(19)22)5-11-20(24)27-13-3-12-23/h4-11,14H,2-3,13H2,1H3/b11-5+. The van der Waals surface area contributed by atoms with Gasteiger partial charge in [-0.25, -0.2) is 14.0 Å². The van der Waals surface area contributed by atoms with E-state index in [0.717, 1.165) is 12.1 Å². The molecule has 0 N–H and O–H groups in total. The van der Waals surface area contributed by atoms with Crippen molar-refractivity contribution in [2.75, 3.05) is 13.2 Å². The van der Waals surface area contributed by atoms with Gasteiger partial charge < -0.3 is 14.2 Å². The first-order valence-corrected chi connectivity index (χ1v) is 8.50. The van der Waals surface area contributed by atoms with Gasteiger partial charge in [0.2, 0.25) is 0 Å². The van der Waals surface area contributed by atoms with Crippen molar-refractivity contribution in [1.29, 1.82) is 5.26 Å². The van der Waals surface area contributed by atoms with Gasteiger partial charge in [-0.1, -0.05) is 6.07 Å². The number of hydrogen-bond acceptors (Lipinski definition) is 6. The van der Waals surface area contributed by atoms with E-state index in [4.69, 9.17) is 19.5 Å². The second kappa shape index (κ2) is 10.5. The van der Waals surface area contributed by atoms with Crippen LogP contribution in [0.1, 0.15) is 29.3 Å². The van der Waals surface area contributed by atoms with Crippen LogP contribution in [-0.4, -0.2) is 25.2 Å². The molecule has 7 heteroatoms. The predicted octanol–water partition coefficient (Wildman–Crippen LogP) is 3.91. The largest absolute Gasteiger partial charge is 0.494 e. The van der Waals surface area contributed by atoms with Crippen molar-refractivity contribution in [3.63, 3.8) is 0 Å². The first-order valence-electron chi connectivity index (χ1n) is 8.50. The number of nitriles is 1. The maximum absolute atomic E-state index is 14.2. The van der Waals surface area contributed by atoms with Crippen molar-refractivity contribution in [3.8, 4) is 17.6 Å². The molecule has 2 rings (SSSR count). The third-order valence-corrected chi connectivity index (χ3v) is 3.43. The van der Waals surface area contributed by atoms with Crippen LogP contribution in [0.2, 0.25) is 0 Å². The number of esters is 2. The Kier molecular flexibility index (Phi) is 7.73. The summed E-state index contributed by atoms with van der Waals surface area (Å²) in [5, 5.41) is 8.37. The zero-order valence-electron chi connectivity index (χ0n) is 15.2. The van der Waals surface area contributed by atoms with E-state index in [2.05, 4.69) is 0 Å². The molecule has 0 radical (unpaired) electrons. The van der Waals surface area contributed by atoms with Crippen molar-refractivity contribution in [2.24, 2.45) is 0 Å². The lowest BCUT2D eigenvalue weighted by Crippen LogP contribution is -2.09. The van der Waals surface area contributed by atoms with Crippen molar-refractivity contribution in [3.05, 3.63) is 65.5 Å². The van der Waals surface area contributed by atoms with Crippen LogP contribution in [0.4, 0.5) is 4.39 Å². The fraction of sp³-hybridized carbons (Fsp3) is 0.190. The molecule has 0 aliphatic rings. The molecule has 0 saturated carbocycles. The highest BCUT2D eigenvalue weighted by Crippen LogP contribution is 2.21. The van der Waals surface area contributed by atoms with Crippen LogP contribution in [0.5, 0.6) is 11.5 Å². The summed E-state index contributed by atoms with van der Waals surface area (Å²) in [4.78, 5) is 23.6. The van der Waals surface area contributed by atoms with E-state index in [-0.39, 0.29) is 24.3 Å². The van der Waals surface area contributed by atoms with Crippen LogP contribution in [0.25, 0.3) is 6.08 Å². The molecule has 0 heterocycles. The Bertz CT molecular complexity index is 900. The Morgan fingerprint density at radius 1 is 1.18 bits per heavy atom. The Morgan fingerprint density at radius 2 is 1.93 bits per heavy atom. The topological polar surface area (TPSA) is 85.6 Å². The van der Waals surface area contributed by atoms with Crippen LogP contribution < -0.4 is 9.47 Å². The van der Waals surface area contributed by atoms with E-state index >= 15 is 0 Å². The van der Waals surface area contributed by atoms with E-state index in [1.807, 2.05) is 13.0 Å². The lowest BCUT2D eigenvalue weighted by atomic mass is 10.2. The second-order valence-corrected chi connectivity index (χ2v) is 5.45. The number of benzene rings is 2. The highest BCUT2D eigenvalue weighted by Gasteiger charge is 2.12.